The molecule has 2 fully saturated rings. The highest BCUT2D eigenvalue weighted by atomic mass is 16.5. The zero-order valence-corrected chi connectivity index (χ0v) is 10.9. The van der Waals surface area contributed by atoms with Crippen molar-refractivity contribution in [3.63, 3.8) is 0 Å². The highest BCUT2D eigenvalue weighted by Gasteiger charge is 2.61. The average molecular weight is 284 g/mol. The molecule has 6 heteroatoms. The largest absolute Gasteiger partial charge is 0.365 e. The van der Waals surface area contributed by atoms with Crippen LogP contribution in [-0.4, -0.2) is 34.9 Å². The topological polar surface area (TPSA) is 75.7 Å². The Labute approximate surface area is 120 Å². The second kappa shape index (κ2) is 4.26. The van der Waals surface area contributed by atoms with Crippen LogP contribution in [0.4, 0.5) is 0 Å². The first-order valence-corrected chi connectivity index (χ1v) is 6.74. The lowest BCUT2D eigenvalue weighted by Gasteiger charge is -2.18. The van der Waals surface area contributed by atoms with E-state index in [-0.39, 0.29) is 12.2 Å². The number of hydrogen-bond acceptors (Lipinski definition) is 4. The van der Waals surface area contributed by atoms with Gasteiger partial charge in [-0.3, -0.25) is 19.8 Å². The highest BCUT2D eigenvalue weighted by Crippen LogP contribution is 2.44. The van der Waals surface area contributed by atoms with Crippen LogP contribution in [0.3, 0.4) is 0 Å². The number of rotatable bonds is 2. The zero-order chi connectivity index (χ0) is 14.6. The highest BCUT2D eigenvalue weighted by molar-refractivity contribution is 6.09. The van der Waals surface area contributed by atoms with Crippen molar-refractivity contribution >= 4 is 17.7 Å². The number of hydrazine groups is 1. The van der Waals surface area contributed by atoms with E-state index in [1.54, 1.807) is 42.5 Å². The minimum absolute atomic E-state index is 0.352. The van der Waals surface area contributed by atoms with Gasteiger partial charge in [0, 0.05) is 5.56 Å². The summed E-state index contributed by atoms with van der Waals surface area (Å²) >= 11 is 0. The van der Waals surface area contributed by atoms with Crippen molar-refractivity contribution in [1.29, 1.82) is 0 Å². The molecular formula is C15H12N2O4. The van der Waals surface area contributed by atoms with Crippen LogP contribution >= 0.6 is 0 Å². The number of carbonyl (C=O) groups excluding carboxylic acids is 3. The quantitative estimate of drug-likeness (QED) is 0.625. The molecule has 4 atom stereocenters. The fraction of sp³-hybridized carbons (Fsp3) is 0.267. The van der Waals surface area contributed by atoms with E-state index in [0.29, 0.717) is 5.56 Å². The molecule has 0 spiro atoms. The Kier molecular flexibility index (Phi) is 2.49. The van der Waals surface area contributed by atoms with Gasteiger partial charge in [0.1, 0.15) is 0 Å². The Balaban J connectivity index is 1.56. The number of carbonyl (C=O) groups is 3. The SMILES string of the molecule is O=C(NN1C(=O)[C@H]2[C@H](C1=O)[C@H]1C=C[C@@H]2O1)c1ccccc1. The third-order valence-electron chi connectivity index (χ3n) is 4.16. The van der Waals surface area contributed by atoms with Gasteiger partial charge < -0.3 is 4.74 Å². The van der Waals surface area contributed by atoms with E-state index >= 15 is 0 Å². The fourth-order valence-corrected chi connectivity index (χ4v) is 3.17. The Morgan fingerprint density at radius 3 is 2.14 bits per heavy atom. The lowest BCUT2D eigenvalue weighted by atomic mass is 9.85. The predicted octanol–water partition coefficient (Wildman–Crippen LogP) is 0.270. The summed E-state index contributed by atoms with van der Waals surface area (Å²) < 4.78 is 5.53. The molecule has 0 aromatic heterocycles. The maximum absolute atomic E-state index is 12.3. The van der Waals surface area contributed by atoms with Crippen LogP contribution in [0.5, 0.6) is 0 Å². The monoisotopic (exact) mass is 284 g/mol. The molecule has 0 saturated carbocycles. The number of ether oxygens (including phenoxy) is 1. The summed E-state index contributed by atoms with van der Waals surface area (Å²) in [6.45, 7) is 0. The minimum atomic E-state index is -0.511. The van der Waals surface area contributed by atoms with Gasteiger partial charge in [-0.05, 0) is 12.1 Å². The number of nitrogens with one attached hydrogen (secondary N) is 1. The summed E-state index contributed by atoms with van der Waals surface area (Å²) in [5.74, 6) is -2.29. The van der Waals surface area contributed by atoms with Crippen molar-refractivity contribution in [2.24, 2.45) is 11.8 Å². The molecule has 3 aliphatic heterocycles. The maximum Gasteiger partial charge on any atom is 0.270 e. The molecule has 21 heavy (non-hydrogen) atoms. The third-order valence-corrected chi connectivity index (χ3v) is 4.16. The molecule has 3 heterocycles. The van der Waals surface area contributed by atoms with E-state index in [2.05, 4.69) is 5.43 Å². The second-order valence-corrected chi connectivity index (χ2v) is 5.32. The van der Waals surface area contributed by atoms with Gasteiger partial charge in [-0.15, -0.1) is 0 Å². The molecule has 2 saturated heterocycles. The molecule has 1 aromatic rings. The van der Waals surface area contributed by atoms with Crippen LogP contribution in [0.1, 0.15) is 10.4 Å². The number of nitrogens with zero attached hydrogens (tertiary/aromatic N) is 1. The Morgan fingerprint density at radius 1 is 1.00 bits per heavy atom. The molecule has 1 aromatic carbocycles. The molecule has 3 amide bonds. The molecule has 4 rings (SSSR count). The summed E-state index contributed by atoms with van der Waals surface area (Å²) in [6.07, 6.45) is 2.91. The molecular weight excluding hydrogens is 272 g/mol. The van der Waals surface area contributed by atoms with Crippen LogP contribution in [0, 0.1) is 11.8 Å². The van der Waals surface area contributed by atoms with E-state index in [9.17, 15) is 14.4 Å². The number of amides is 3. The smallest absolute Gasteiger partial charge is 0.270 e. The van der Waals surface area contributed by atoms with Crippen molar-refractivity contribution in [2.45, 2.75) is 12.2 Å². The summed E-state index contributed by atoms with van der Waals surface area (Å²) in [7, 11) is 0. The van der Waals surface area contributed by atoms with Gasteiger partial charge in [0.15, 0.2) is 0 Å². The first-order valence-electron chi connectivity index (χ1n) is 6.74. The number of fused-ring (bicyclic) bond motifs is 5. The van der Waals surface area contributed by atoms with Crippen molar-refractivity contribution in [3.8, 4) is 0 Å². The van der Waals surface area contributed by atoms with Gasteiger partial charge in [0.25, 0.3) is 17.7 Å². The van der Waals surface area contributed by atoms with Gasteiger partial charge >= 0.3 is 0 Å². The summed E-state index contributed by atoms with van der Waals surface area (Å²) in [5, 5.41) is 0.847. The van der Waals surface area contributed by atoms with Gasteiger partial charge in [-0.25, -0.2) is 0 Å². The standard InChI is InChI=1S/C15H12N2O4/c18-13(8-4-2-1-3-5-8)16-17-14(19)11-9-6-7-10(21-9)12(11)15(17)20/h1-7,9-12H,(H,16,18)/t9-,10+,11-,12-/m1/s1. The fourth-order valence-electron chi connectivity index (χ4n) is 3.17. The molecule has 0 radical (unpaired) electrons. The van der Waals surface area contributed by atoms with E-state index < -0.39 is 29.6 Å². The lowest BCUT2D eigenvalue weighted by molar-refractivity contribution is -0.145. The van der Waals surface area contributed by atoms with Crippen molar-refractivity contribution in [1.82, 2.24) is 10.4 Å². The van der Waals surface area contributed by atoms with Crippen molar-refractivity contribution in [3.05, 3.63) is 48.0 Å². The molecule has 6 nitrogen and oxygen atoms in total. The van der Waals surface area contributed by atoms with Crippen LogP contribution < -0.4 is 5.43 Å². The number of imide groups is 1. The molecule has 106 valence electrons. The normalized spacial score (nSPS) is 32.7. The summed E-state index contributed by atoms with van der Waals surface area (Å²) in [5.41, 5.74) is 2.80. The van der Waals surface area contributed by atoms with Gasteiger partial charge in [-0.2, -0.15) is 5.01 Å². The molecule has 3 aliphatic rings. The third kappa shape index (κ3) is 1.66. The Morgan fingerprint density at radius 2 is 1.57 bits per heavy atom. The van der Waals surface area contributed by atoms with Crippen LogP contribution in [0.25, 0.3) is 0 Å². The predicted molar refractivity (Wildman–Crippen MR) is 70.5 cm³/mol. The van der Waals surface area contributed by atoms with Gasteiger partial charge in [0.05, 0.1) is 24.0 Å². The average Bonchev–Trinajstić information content (AvgIpc) is 3.18. The molecule has 0 unspecified atom stereocenters. The van der Waals surface area contributed by atoms with Crippen LogP contribution in [-0.2, 0) is 14.3 Å². The number of benzene rings is 1. The van der Waals surface area contributed by atoms with Crippen LogP contribution in [0.15, 0.2) is 42.5 Å². The van der Waals surface area contributed by atoms with Crippen molar-refractivity contribution < 1.29 is 19.1 Å². The minimum Gasteiger partial charge on any atom is -0.365 e. The van der Waals surface area contributed by atoms with Gasteiger partial charge in [0.2, 0.25) is 0 Å². The van der Waals surface area contributed by atoms with E-state index in [1.807, 2.05) is 0 Å². The maximum atomic E-state index is 12.3. The Hall–Kier alpha value is -2.47. The second-order valence-electron chi connectivity index (χ2n) is 5.32. The lowest BCUT2D eigenvalue weighted by Crippen LogP contribution is -2.47. The van der Waals surface area contributed by atoms with E-state index in [0.717, 1.165) is 5.01 Å². The van der Waals surface area contributed by atoms with Gasteiger partial charge in [-0.1, -0.05) is 30.4 Å². The first kappa shape index (κ1) is 12.3. The van der Waals surface area contributed by atoms with Crippen molar-refractivity contribution in [2.75, 3.05) is 0 Å². The zero-order valence-electron chi connectivity index (χ0n) is 10.9. The van der Waals surface area contributed by atoms with E-state index in [4.69, 9.17) is 4.74 Å². The summed E-state index contributed by atoms with van der Waals surface area (Å²) in [4.78, 5) is 36.7. The van der Waals surface area contributed by atoms with E-state index in [1.165, 1.54) is 0 Å². The molecule has 2 bridgehead atoms. The molecule has 1 N–H and O–H groups in total. The van der Waals surface area contributed by atoms with Crippen LogP contribution in [0.2, 0.25) is 0 Å². The number of hydrogen-bond donors (Lipinski definition) is 1. The molecule has 0 aliphatic carbocycles. The summed E-state index contributed by atoms with van der Waals surface area (Å²) in [6, 6.07) is 8.46. The Bertz CT molecular complexity index is 640. The first-order chi connectivity index (χ1) is 10.2.